The predicted molar refractivity (Wildman–Crippen MR) is 60.6 cm³/mol. The van der Waals surface area contributed by atoms with E-state index in [1.165, 1.54) is 11.0 Å². The molecule has 1 aromatic rings. The molecule has 0 spiro atoms. The lowest BCUT2D eigenvalue weighted by Crippen LogP contribution is -1.92. The van der Waals surface area contributed by atoms with Gasteiger partial charge in [-0.25, -0.2) is 0 Å². The van der Waals surface area contributed by atoms with Gasteiger partial charge in [-0.3, -0.25) is 4.79 Å². The van der Waals surface area contributed by atoms with Crippen molar-refractivity contribution >= 4 is 33.5 Å². The quantitative estimate of drug-likeness (QED) is 0.468. The highest BCUT2D eigenvalue weighted by molar-refractivity contribution is 9.11. The molecule has 0 aromatic heterocycles. The van der Waals surface area contributed by atoms with Crippen LogP contribution >= 0.6 is 27.7 Å². The molecule has 0 bridgehead atoms. The molecule has 0 amide bonds. The number of carbonyl (C=O) groups is 1. The molecule has 0 aliphatic carbocycles. The minimum Gasteiger partial charge on any atom is -0.289 e. The summed E-state index contributed by atoms with van der Waals surface area (Å²) < 4.78 is 0. The fraction of sp³-hybridized carbons (Fsp3) is 0.100. The number of hydrogen-bond acceptors (Lipinski definition) is 2. The SMILES string of the molecule is CSc1ccc(C(=O)/C=C/Br)cc1. The van der Waals surface area contributed by atoms with Gasteiger partial charge in [0, 0.05) is 10.5 Å². The summed E-state index contributed by atoms with van der Waals surface area (Å²) in [5.41, 5.74) is 0.716. The van der Waals surface area contributed by atoms with Gasteiger partial charge in [0.15, 0.2) is 5.78 Å². The number of benzene rings is 1. The predicted octanol–water partition coefficient (Wildman–Crippen LogP) is 3.50. The van der Waals surface area contributed by atoms with Gasteiger partial charge in [-0.2, -0.15) is 0 Å². The minimum atomic E-state index is 0.0181. The Kier molecular flexibility index (Phi) is 4.25. The van der Waals surface area contributed by atoms with Gasteiger partial charge in [-0.05, 0) is 41.6 Å². The van der Waals surface area contributed by atoms with Crippen molar-refractivity contribution in [2.24, 2.45) is 0 Å². The van der Waals surface area contributed by atoms with Gasteiger partial charge < -0.3 is 0 Å². The number of hydrogen-bond donors (Lipinski definition) is 0. The fourth-order valence-electron chi connectivity index (χ4n) is 0.909. The van der Waals surface area contributed by atoms with Gasteiger partial charge in [0.1, 0.15) is 0 Å². The topological polar surface area (TPSA) is 17.1 Å². The van der Waals surface area contributed by atoms with Crippen LogP contribution in [-0.2, 0) is 0 Å². The lowest BCUT2D eigenvalue weighted by Gasteiger charge is -1.97. The zero-order valence-corrected chi connectivity index (χ0v) is 9.56. The van der Waals surface area contributed by atoms with E-state index in [0.29, 0.717) is 5.56 Å². The average Bonchev–Trinajstić information content (AvgIpc) is 2.18. The van der Waals surface area contributed by atoms with Crippen molar-refractivity contribution in [1.29, 1.82) is 0 Å². The maximum Gasteiger partial charge on any atom is 0.186 e. The molecule has 0 N–H and O–H groups in total. The van der Waals surface area contributed by atoms with Crippen LogP contribution in [0.1, 0.15) is 10.4 Å². The largest absolute Gasteiger partial charge is 0.289 e. The third kappa shape index (κ3) is 3.01. The molecule has 3 heteroatoms. The molecule has 0 aliphatic rings. The Hall–Kier alpha value is -0.540. The van der Waals surface area contributed by atoms with Gasteiger partial charge >= 0.3 is 0 Å². The molecular weight excluding hydrogens is 248 g/mol. The van der Waals surface area contributed by atoms with Gasteiger partial charge in [0.2, 0.25) is 0 Å². The van der Waals surface area contributed by atoms with Crippen LogP contribution in [0.3, 0.4) is 0 Å². The smallest absolute Gasteiger partial charge is 0.186 e. The Morgan fingerprint density at radius 3 is 2.46 bits per heavy atom. The van der Waals surface area contributed by atoms with Crippen LogP contribution in [0.25, 0.3) is 0 Å². The molecule has 1 rings (SSSR count). The number of allylic oxidation sites excluding steroid dienone is 1. The minimum absolute atomic E-state index is 0.0181. The van der Waals surface area contributed by atoms with E-state index in [0.717, 1.165) is 0 Å². The zero-order chi connectivity index (χ0) is 9.68. The van der Waals surface area contributed by atoms with Crippen LogP contribution < -0.4 is 0 Å². The number of ketones is 1. The summed E-state index contributed by atoms with van der Waals surface area (Å²) in [6.07, 6.45) is 3.50. The van der Waals surface area contributed by atoms with Crippen molar-refractivity contribution < 1.29 is 4.79 Å². The molecule has 0 atom stereocenters. The van der Waals surface area contributed by atoms with Crippen molar-refractivity contribution in [2.75, 3.05) is 6.26 Å². The van der Waals surface area contributed by atoms with E-state index in [9.17, 15) is 4.79 Å². The summed E-state index contributed by atoms with van der Waals surface area (Å²) in [6, 6.07) is 7.56. The van der Waals surface area contributed by atoms with E-state index in [2.05, 4.69) is 15.9 Å². The third-order valence-electron chi connectivity index (χ3n) is 1.59. The monoisotopic (exact) mass is 256 g/mol. The summed E-state index contributed by atoms with van der Waals surface area (Å²) >= 11 is 4.73. The summed E-state index contributed by atoms with van der Waals surface area (Å²) in [6.45, 7) is 0. The second-order valence-corrected chi connectivity index (χ2v) is 3.79. The Labute approximate surface area is 90.4 Å². The first kappa shape index (κ1) is 10.5. The normalized spacial score (nSPS) is 10.6. The molecule has 13 heavy (non-hydrogen) atoms. The fourth-order valence-corrected chi connectivity index (χ4v) is 1.56. The molecule has 1 aromatic carbocycles. The van der Waals surface area contributed by atoms with Crippen LogP contribution in [0.2, 0.25) is 0 Å². The first-order valence-electron chi connectivity index (χ1n) is 3.73. The van der Waals surface area contributed by atoms with E-state index >= 15 is 0 Å². The highest BCUT2D eigenvalue weighted by Crippen LogP contribution is 2.15. The molecule has 0 fully saturated rings. The number of thioether (sulfide) groups is 1. The summed E-state index contributed by atoms with van der Waals surface area (Å²) in [5, 5.41) is 0. The van der Waals surface area contributed by atoms with E-state index in [4.69, 9.17) is 0 Å². The number of halogens is 1. The van der Waals surface area contributed by atoms with Gasteiger partial charge in [-0.1, -0.05) is 15.9 Å². The molecule has 1 nitrogen and oxygen atoms in total. The summed E-state index contributed by atoms with van der Waals surface area (Å²) in [5.74, 6) is 0.0181. The molecule has 0 saturated carbocycles. The van der Waals surface area contributed by atoms with E-state index in [1.807, 2.05) is 30.5 Å². The van der Waals surface area contributed by atoms with Crippen LogP contribution in [0, 0.1) is 0 Å². The number of rotatable bonds is 3. The average molecular weight is 257 g/mol. The van der Waals surface area contributed by atoms with Crippen molar-refractivity contribution in [3.63, 3.8) is 0 Å². The van der Waals surface area contributed by atoms with Crippen molar-refractivity contribution in [2.45, 2.75) is 4.90 Å². The van der Waals surface area contributed by atoms with Crippen molar-refractivity contribution in [1.82, 2.24) is 0 Å². The molecule has 0 heterocycles. The Morgan fingerprint density at radius 2 is 2.00 bits per heavy atom. The first-order valence-corrected chi connectivity index (χ1v) is 5.87. The third-order valence-corrected chi connectivity index (χ3v) is 2.60. The molecule has 0 radical (unpaired) electrons. The molecule has 68 valence electrons. The zero-order valence-electron chi connectivity index (χ0n) is 7.16. The van der Waals surface area contributed by atoms with Gasteiger partial charge in [0.05, 0.1) is 0 Å². The molecule has 0 unspecified atom stereocenters. The van der Waals surface area contributed by atoms with Gasteiger partial charge in [0.25, 0.3) is 0 Å². The Balaban J connectivity index is 2.85. The van der Waals surface area contributed by atoms with Crippen LogP contribution in [-0.4, -0.2) is 12.0 Å². The summed E-state index contributed by atoms with van der Waals surface area (Å²) in [7, 11) is 0. The summed E-state index contributed by atoms with van der Waals surface area (Å²) in [4.78, 5) is 14.1. The maximum atomic E-state index is 11.3. The Morgan fingerprint density at radius 1 is 1.38 bits per heavy atom. The van der Waals surface area contributed by atoms with Crippen molar-refractivity contribution in [3.8, 4) is 0 Å². The second-order valence-electron chi connectivity index (χ2n) is 2.39. The molecular formula is C10H9BrOS. The van der Waals surface area contributed by atoms with E-state index < -0.39 is 0 Å². The maximum absolute atomic E-state index is 11.3. The second kappa shape index (κ2) is 5.25. The first-order chi connectivity index (χ1) is 6.27. The highest BCUT2D eigenvalue weighted by Gasteiger charge is 1.99. The van der Waals surface area contributed by atoms with Crippen LogP contribution in [0.5, 0.6) is 0 Å². The van der Waals surface area contributed by atoms with Crippen LogP contribution in [0.15, 0.2) is 40.2 Å². The lowest BCUT2D eigenvalue weighted by molar-refractivity contribution is 0.104. The highest BCUT2D eigenvalue weighted by atomic mass is 79.9. The Bertz CT molecular complexity index is 316. The standard InChI is InChI=1S/C10H9BrOS/c1-13-9-4-2-8(3-5-9)10(12)6-7-11/h2-7H,1H3/b7-6+. The molecule has 0 saturated heterocycles. The molecule has 0 aliphatic heterocycles. The van der Waals surface area contributed by atoms with E-state index in [-0.39, 0.29) is 5.78 Å². The van der Waals surface area contributed by atoms with Crippen LogP contribution in [0.4, 0.5) is 0 Å². The van der Waals surface area contributed by atoms with E-state index in [1.54, 1.807) is 16.7 Å². The van der Waals surface area contributed by atoms with Crippen molar-refractivity contribution in [3.05, 3.63) is 40.9 Å². The number of carbonyl (C=O) groups excluding carboxylic acids is 1. The lowest BCUT2D eigenvalue weighted by atomic mass is 10.1. The van der Waals surface area contributed by atoms with Gasteiger partial charge in [-0.15, -0.1) is 11.8 Å².